The largest absolute Gasteiger partial charge is 0.480 e. The maximum atomic E-state index is 13.3. The number of nitrogens with one attached hydrogen (secondary N) is 2. The van der Waals surface area contributed by atoms with Crippen LogP contribution in [0.3, 0.4) is 0 Å². The quantitative estimate of drug-likeness (QED) is 0.874. The van der Waals surface area contributed by atoms with Gasteiger partial charge in [0.1, 0.15) is 5.75 Å². The molecule has 2 N–H and O–H groups in total. The molecule has 2 amide bonds. The summed E-state index contributed by atoms with van der Waals surface area (Å²) in [5, 5.41) is 4.57. The Balaban J connectivity index is 1.81. The van der Waals surface area contributed by atoms with Gasteiger partial charge in [-0.25, -0.2) is 0 Å². The number of halogens is 3. The fourth-order valence-corrected chi connectivity index (χ4v) is 2.71. The van der Waals surface area contributed by atoms with Gasteiger partial charge in [-0.2, -0.15) is 13.2 Å². The van der Waals surface area contributed by atoms with E-state index in [1.54, 1.807) is 24.3 Å². The first-order chi connectivity index (χ1) is 12.2. The minimum Gasteiger partial charge on any atom is -0.480 e. The first-order valence-corrected chi connectivity index (χ1v) is 7.78. The van der Waals surface area contributed by atoms with Crippen LogP contribution in [0.4, 0.5) is 24.5 Å². The summed E-state index contributed by atoms with van der Waals surface area (Å²) < 4.78 is 45.4. The second kappa shape index (κ2) is 6.70. The maximum absolute atomic E-state index is 13.3. The Morgan fingerprint density at radius 1 is 1.12 bits per heavy atom. The second-order valence-corrected chi connectivity index (χ2v) is 5.85. The van der Waals surface area contributed by atoms with Crippen LogP contribution in [0.25, 0.3) is 0 Å². The smallest absolute Gasteiger partial charge is 0.418 e. The number of hydrogen-bond acceptors (Lipinski definition) is 3. The molecule has 26 heavy (non-hydrogen) atoms. The predicted molar refractivity (Wildman–Crippen MR) is 88.9 cm³/mol. The van der Waals surface area contributed by atoms with E-state index in [0.29, 0.717) is 5.75 Å². The minimum atomic E-state index is -4.70. The lowest BCUT2D eigenvalue weighted by molar-refractivity contribution is -0.137. The van der Waals surface area contributed by atoms with Gasteiger partial charge in [-0.1, -0.05) is 18.2 Å². The van der Waals surface area contributed by atoms with Crippen LogP contribution in [0.2, 0.25) is 0 Å². The summed E-state index contributed by atoms with van der Waals surface area (Å²) in [6.07, 6.45) is -5.31. The summed E-state index contributed by atoms with van der Waals surface area (Å²) in [5.74, 6) is -0.615. The monoisotopic (exact) mass is 364 g/mol. The molecule has 136 valence electrons. The van der Waals surface area contributed by atoms with Crippen LogP contribution in [-0.4, -0.2) is 17.9 Å². The normalized spacial score (nSPS) is 15.8. The van der Waals surface area contributed by atoms with Crippen LogP contribution in [0.5, 0.6) is 5.75 Å². The molecule has 0 fully saturated rings. The predicted octanol–water partition coefficient (Wildman–Crippen LogP) is 3.61. The Hall–Kier alpha value is -3.03. The van der Waals surface area contributed by atoms with Crippen molar-refractivity contribution in [3.63, 3.8) is 0 Å². The van der Waals surface area contributed by atoms with Crippen LogP contribution in [0.15, 0.2) is 42.5 Å². The van der Waals surface area contributed by atoms with Crippen LogP contribution >= 0.6 is 0 Å². The number of hydrogen-bond donors (Lipinski definition) is 2. The summed E-state index contributed by atoms with van der Waals surface area (Å²) in [7, 11) is 0. The highest BCUT2D eigenvalue weighted by Gasteiger charge is 2.36. The molecule has 0 saturated heterocycles. The van der Waals surface area contributed by atoms with Crippen molar-refractivity contribution in [2.45, 2.75) is 25.6 Å². The topological polar surface area (TPSA) is 67.4 Å². The molecule has 0 unspecified atom stereocenters. The highest BCUT2D eigenvalue weighted by atomic mass is 19.4. The average molecular weight is 364 g/mol. The molecule has 8 heteroatoms. The van der Waals surface area contributed by atoms with Gasteiger partial charge in [0.25, 0.3) is 5.91 Å². The molecule has 2 aromatic carbocycles. The standard InChI is InChI=1S/C18H15F3N2O3/c1-10(24)22-12-6-7-14(13(9-12)18(19,20)21)23-17(25)16-8-11-4-2-3-5-15(11)26-16/h2-7,9,16H,8H2,1H3,(H,22,24)(H,23,25)/t16-/m1/s1. The summed E-state index contributed by atoms with van der Waals surface area (Å²) in [6.45, 7) is 1.19. The van der Waals surface area contributed by atoms with E-state index < -0.39 is 35.3 Å². The highest BCUT2D eigenvalue weighted by Crippen LogP contribution is 2.37. The van der Waals surface area contributed by atoms with Crippen molar-refractivity contribution in [2.24, 2.45) is 0 Å². The van der Waals surface area contributed by atoms with E-state index in [1.807, 2.05) is 0 Å². The fourth-order valence-electron chi connectivity index (χ4n) is 2.71. The number of ether oxygens (including phenoxy) is 1. The van der Waals surface area contributed by atoms with Gasteiger partial charge in [-0.15, -0.1) is 0 Å². The minimum absolute atomic E-state index is 0.00709. The number of alkyl halides is 3. The molecule has 0 aliphatic carbocycles. The van der Waals surface area contributed by atoms with Crippen LogP contribution in [0, 0.1) is 0 Å². The molecule has 0 spiro atoms. The van der Waals surface area contributed by atoms with E-state index in [4.69, 9.17) is 4.74 Å². The van der Waals surface area contributed by atoms with E-state index >= 15 is 0 Å². The molecule has 1 heterocycles. The van der Waals surface area contributed by atoms with Crippen LogP contribution in [-0.2, 0) is 22.2 Å². The van der Waals surface area contributed by atoms with Crippen molar-refractivity contribution < 1.29 is 27.5 Å². The summed E-state index contributed by atoms with van der Waals surface area (Å²) >= 11 is 0. The highest BCUT2D eigenvalue weighted by molar-refractivity contribution is 5.96. The van der Waals surface area contributed by atoms with Gasteiger partial charge in [0.2, 0.25) is 5.91 Å². The molecule has 0 bridgehead atoms. The van der Waals surface area contributed by atoms with E-state index in [1.165, 1.54) is 13.0 Å². The lowest BCUT2D eigenvalue weighted by Gasteiger charge is -2.17. The van der Waals surface area contributed by atoms with Gasteiger partial charge in [-0.3, -0.25) is 9.59 Å². The number of amides is 2. The van der Waals surface area contributed by atoms with Crippen molar-refractivity contribution in [2.75, 3.05) is 10.6 Å². The molecule has 0 radical (unpaired) electrons. The molecular weight excluding hydrogens is 349 g/mol. The zero-order valence-corrected chi connectivity index (χ0v) is 13.7. The van der Waals surface area contributed by atoms with Crippen molar-refractivity contribution in [1.29, 1.82) is 0 Å². The Labute approximate surface area is 147 Å². The lowest BCUT2D eigenvalue weighted by Crippen LogP contribution is -2.32. The number of para-hydroxylation sites is 1. The summed E-state index contributed by atoms with van der Waals surface area (Å²) in [6, 6.07) is 10.2. The van der Waals surface area contributed by atoms with Gasteiger partial charge < -0.3 is 15.4 Å². The molecule has 1 aliphatic rings. The van der Waals surface area contributed by atoms with E-state index in [2.05, 4.69) is 10.6 Å². The number of carbonyl (C=O) groups is 2. The van der Waals surface area contributed by atoms with Crippen molar-refractivity contribution in [3.05, 3.63) is 53.6 Å². The molecule has 5 nitrogen and oxygen atoms in total. The van der Waals surface area contributed by atoms with Gasteiger partial charge in [0.15, 0.2) is 6.10 Å². The SMILES string of the molecule is CC(=O)Nc1ccc(NC(=O)[C@H]2Cc3ccccc3O2)c(C(F)(F)F)c1. The first-order valence-electron chi connectivity index (χ1n) is 7.78. The zero-order valence-electron chi connectivity index (χ0n) is 13.7. The lowest BCUT2D eigenvalue weighted by atomic mass is 10.1. The molecule has 1 atom stereocenters. The Bertz CT molecular complexity index is 840. The zero-order chi connectivity index (χ0) is 18.9. The van der Waals surface area contributed by atoms with Gasteiger partial charge in [-0.05, 0) is 29.8 Å². The number of rotatable bonds is 3. The Morgan fingerprint density at radius 3 is 2.50 bits per heavy atom. The second-order valence-electron chi connectivity index (χ2n) is 5.85. The molecular formula is C18H15F3N2O3. The van der Waals surface area contributed by atoms with E-state index in [0.717, 1.165) is 17.7 Å². The van der Waals surface area contributed by atoms with Crippen LogP contribution in [0.1, 0.15) is 18.1 Å². The van der Waals surface area contributed by atoms with Gasteiger partial charge >= 0.3 is 6.18 Å². The Kier molecular flexibility index (Phi) is 4.58. The number of carbonyl (C=O) groups excluding carboxylic acids is 2. The van der Waals surface area contributed by atoms with Gasteiger partial charge in [0, 0.05) is 19.0 Å². The third kappa shape index (κ3) is 3.79. The Morgan fingerprint density at radius 2 is 1.85 bits per heavy atom. The summed E-state index contributed by atoms with van der Waals surface area (Å²) in [5.41, 5.74) is -0.624. The van der Waals surface area contributed by atoms with Crippen molar-refractivity contribution >= 4 is 23.2 Å². The third-order valence-electron chi connectivity index (χ3n) is 3.84. The van der Waals surface area contributed by atoms with Crippen molar-refractivity contribution in [3.8, 4) is 5.75 Å². The third-order valence-corrected chi connectivity index (χ3v) is 3.84. The number of fused-ring (bicyclic) bond motifs is 1. The molecule has 1 aliphatic heterocycles. The van der Waals surface area contributed by atoms with Crippen molar-refractivity contribution in [1.82, 2.24) is 0 Å². The van der Waals surface area contributed by atoms with Gasteiger partial charge in [0.05, 0.1) is 11.3 Å². The van der Waals surface area contributed by atoms with E-state index in [9.17, 15) is 22.8 Å². The first kappa shape index (κ1) is 17.8. The molecule has 3 rings (SSSR count). The number of benzene rings is 2. The summed E-state index contributed by atoms with van der Waals surface area (Å²) in [4.78, 5) is 23.4. The molecule has 2 aromatic rings. The molecule has 0 saturated carbocycles. The van der Waals surface area contributed by atoms with E-state index in [-0.39, 0.29) is 12.1 Å². The average Bonchev–Trinajstić information content (AvgIpc) is 2.99. The fraction of sp³-hybridized carbons (Fsp3) is 0.222. The number of anilines is 2. The van der Waals surface area contributed by atoms with Crippen LogP contribution < -0.4 is 15.4 Å². The molecule has 0 aromatic heterocycles. The maximum Gasteiger partial charge on any atom is 0.418 e.